The molecule has 4 aromatic carbocycles. The van der Waals surface area contributed by atoms with Crippen molar-refractivity contribution in [2.24, 2.45) is 0 Å². The van der Waals surface area contributed by atoms with E-state index in [1.165, 1.54) is 0 Å². The first-order valence-corrected chi connectivity index (χ1v) is 9.78. The van der Waals surface area contributed by atoms with E-state index in [1.54, 1.807) is 0 Å². The summed E-state index contributed by atoms with van der Waals surface area (Å²) in [7, 11) is 0. The average Bonchev–Trinajstić information content (AvgIpc) is 3.32. The molecule has 30 heavy (non-hydrogen) atoms. The molecule has 0 fully saturated rings. The molecule has 0 atom stereocenters. The van der Waals surface area contributed by atoms with Crippen molar-refractivity contribution in [1.29, 1.82) is 0 Å². The summed E-state index contributed by atoms with van der Waals surface area (Å²) in [6.07, 6.45) is 0. The fourth-order valence-electron chi connectivity index (χ4n) is 3.39. The number of nitrogens with zero attached hydrogens (tertiary/aromatic N) is 3. The summed E-state index contributed by atoms with van der Waals surface area (Å²) in [4.78, 5) is 2.22. The van der Waals surface area contributed by atoms with Crippen LogP contribution in [0.5, 0.6) is 0 Å². The van der Waals surface area contributed by atoms with Gasteiger partial charge in [-0.1, -0.05) is 54.6 Å². The Hall–Kier alpha value is -4.18. The molecule has 0 N–H and O–H groups in total. The van der Waals surface area contributed by atoms with Gasteiger partial charge in [0.15, 0.2) is 0 Å². The minimum absolute atomic E-state index is 0.506. The maximum absolute atomic E-state index is 5.89. The average molecular weight is 389 g/mol. The van der Waals surface area contributed by atoms with E-state index < -0.39 is 0 Å². The summed E-state index contributed by atoms with van der Waals surface area (Å²) < 4.78 is 5.89. The van der Waals surface area contributed by atoms with E-state index in [9.17, 15) is 0 Å². The highest BCUT2D eigenvalue weighted by molar-refractivity contribution is 5.77. The first-order chi connectivity index (χ1) is 14.9. The quantitative estimate of drug-likeness (QED) is 0.329. The van der Waals surface area contributed by atoms with Crippen LogP contribution in [-0.4, -0.2) is 10.2 Å². The minimum atomic E-state index is 0.506. The van der Waals surface area contributed by atoms with Crippen molar-refractivity contribution in [3.8, 4) is 22.9 Å². The summed E-state index contributed by atoms with van der Waals surface area (Å²) in [5.74, 6) is 1.02. The molecular weight excluding hydrogens is 370 g/mol. The van der Waals surface area contributed by atoms with Gasteiger partial charge in [0.1, 0.15) is 0 Å². The van der Waals surface area contributed by atoms with E-state index >= 15 is 0 Å². The lowest BCUT2D eigenvalue weighted by molar-refractivity contribution is 0.584. The monoisotopic (exact) mass is 389 g/mol. The molecule has 0 unspecified atom stereocenters. The number of hydrogen-bond acceptors (Lipinski definition) is 4. The van der Waals surface area contributed by atoms with Crippen LogP contribution >= 0.6 is 0 Å². The van der Waals surface area contributed by atoms with Crippen LogP contribution < -0.4 is 4.90 Å². The van der Waals surface area contributed by atoms with E-state index in [2.05, 4.69) is 51.5 Å². The van der Waals surface area contributed by atoms with E-state index in [0.717, 1.165) is 28.2 Å². The summed E-state index contributed by atoms with van der Waals surface area (Å²) in [5.41, 5.74) is 5.04. The molecule has 1 aromatic heterocycles. The molecule has 0 bridgehead atoms. The lowest BCUT2D eigenvalue weighted by Gasteiger charge is -2.25. The second kappa shape index (κ2) is 8.05. The highest BCUT2D eigenvalue weighted by atomic mass is 16.4. The van der Waals surface area contributed by atoms with E-state index in [4.69, 9.17) is 4.42 Å². The van der Waals surface area contributed by atoms with Crippen LogP contribution in [0.4, 0.5) is 17.1 Å². The Labute approximate surface area is 175 Å². The van der Waals surface area contributed by atoms with E-state index in [0.29, 0.717) is 11.8 Å². The van der Waals surface area contributed by atoms with E-state index in [-0.39, 0.29) is 0 Å². The summed E-state index contributed by atoms with van der Waals surface area (Å²) >= 11 is 0. The molecule has 0 radical (unpaired) electrons. The largest absolute Gasteiger partial charge is 0.416 e. The molecule has 0 aliphatic heterocycles. The standard InChI is InChI=1S/C26H19N3O/c1-4-10-20(11-5-1)25-27-28-26(30-25)21-16-18-24(19-17-21)29(22-12-6-2-7-13-22)23-14-8-3-9-15-23/h1-19H. The number of para-hydroxylation sites is 2. The SMILES string of the molecule is c1ccc(-c2nnc(-c3ccc(N(c4ccccc4)c4ccccc4)cc3)o2)cc1. The van der Waals surface area contributed by atoms with Crippen molar-refractivity contribution in [2.45, 2.75) is 0 Å². The maximum Gasteiger partial charge on any atom is 0.248 e. The van der Waals surface area contributed by atoms with Crippen molar-refractivity contribution in [2.75, 3.05) is 4.90 Å². The number of rotatable bonds is 5. The van der Waals surface area contributed by atoms with Gasteiger partial charge in [0.2, 0.25) is 11.8 Å². The number of benzene rings is 4. The van der Waals surface area contributed by atoms with Gasteiger partial charge in [0, 0.05) is 28.2 Å². The minimum Gasteiger partial charge on any atom is -0.416 e. The Kier molecular flexibility index (Phi) is 4.80. The van der Waals surface area contributed by atoms with Gasteiger partial charge < -0.3 is 9.32 Å². The smallest absolute Gasteiger partial charge is 0.248 e. The van der Waals surface area contributed by atoms with Gasteiger partial charge in [-0.25, -0.2) is 0 Å². The van der Waals surface area contributed by atoms with Crippen molar-refractivity contribution in [1.82, 2.24) is 10.2 Å². The fourth-order valence-corrected chi connectivity index (χ4v) is 3.39. The zero-order chi connectivity index (χ0) is 20.2. The number of anilines is 3. The molecule has 5 aromatic rings. The lowest BCUT2D eigenvalue weighted by Crippen LogP contribution is -2.09. The molecule has 0 saturated carbocycles. The van der Waals surface area contributed by atoms with Crippen LogP contribution in [0.3, 0.4) is 0 Å². The van der Waals surface area contributed by atoms with Gasteiger partial charge in [-0.15, -0.1) is 10.2 Å². The van der Waals surface area contributed by atoms with Gasteiger partial charge in [-0.3, -0.25) is 0 Å². The molecule has 1 heterocycles. The number of aromatic nitrogens is 2. The third-order valence-corrected chi connectivity index (χ3v) is 4.85. The normalized spacial score (nSPS) is 10.7. The second-order valence-corrected chi connectivity index (χ2v) is 6.83. The van der Waals surface area contributed by atoms with Crippen molar-refractivity contribution in [3.63, 3.8) is 0 Å². The van der Waals surface area contributed by atoms with Crippen LogP contribution in [-0.2, 0) is 0 Å². The zero-order valence-electron chi connectivity index (χ0n) is 16.2. The summed E-state index contributed by atoms with van der Waals surface area (Å²) in [6.45, 7) is 0. The third-order valence-electron chi connectivity index (χ3n) is 4.85. The maximum atomic E-state index is 5.89. The van der Waals surface area contributed by atoms with Gasteiger partial charge in [-0.05, 0) is 60.7 Å². The van der Waals surface area contributed by atoms with Crippen LogP contribution in [0.1, 0.15) is 0 Å². The van der Waals surface area contributed by atoms with Gasteiger partial charge in [0.25, 0.3) is 0 Å². The Balaban J connectivity index is 1.48. The van der Waals surface area contributed by atoms with Gasteiger partial charge in [0.05, 0.1) is 0 Å². The topological polar surface area (TPSA) is 42.2 Å². The van der Waals surface area contributed by atoms with Crippen molar-refractivity contribution in [3.05, 3.63) is 115 Å². The fraction of sp³-hybridized carbons (Fsp3) is 0. The zero-order valence-corrected chi connectivity index (χ0v) is 16.2. The molecule has 0 spiro atoms. The third kappa shape index (κ3) is 3.59. The first kappa shape index (κ1) is 17.9. The second-order valence-electron chi connectivity index (χ2n) is 6.83. The van der Waals surface area contributed by atoms with Crippen LogP contribution in [0.25, 0.3) is 22.9 Å². The lowest BCUT2D eigenvalue weighted by atomic mass is 10.1. The Morgan fingerprint density at radius 3 is 1.33 bits per heavy atom. The molecule has 0 amide bonds. The van der Waals surface area contributed by atoms with Crippen LogP contribution in [0.15, 0.2) is 120 Å². The Morgan fingerprint density at radius 1 is 0.433 bits per heavy atom. The highest BCUT2D eigenvalue weighted by Crippen LogP contribution is 2.35. The highest BCUT2D eigenvalue weighted by Gasteiger charge is 2.14. The number of hydrogen-bond donors (Lipinski definition) is 0. The summed E-state index contributed by atoms with van der Waals surface area (Å²) in [6, 6.07) is 38.6. The van der Waals surface area contributed by atoms with Crippen molar-refractivity contribution >= 4 is 17.1 Å². The molecule has 5 rings (SSSR count). The van der Waals surface area contributed by atoms with E-state index in [1.807, 2.05) is 78.9 Å². The van der Waals surface area contributed by atoms with Crippen LogP contribution in [0.2, 0.25) is 0 Å². The van der Waals surface area contributed by atoms with Crippen LogP contribution in [0, 0.1) is 0 Å². The molecule has 0 saturated heterocycles. The van der Waals surface area contributed by atoms with Crippen molar-refractivity contribution < 1.29 is 4.42 Å². The summed E-state index contributed by atoms with van der Waals surface area (Å²) in [5, 5.41) is 8.41. The Morgan fingerprint density at radius 2 is 0.833 bits per heavy atom. The van der Waals surface area contributed by atoms with Gasteiger partial charge >= 0.3 is 0 Å². The molecule has 4 nitrogen and oxygen atoms in total. The predicted molar refractivity (Wildman–Crippen MR) is 120 cm³/mol. The molecule has 0 aliphatic rings. The molecule has 0 aliphatic carbocycles. The molecular formula is C26H19N3O. The molecule has 4 heteroatoms. The molecule has 144 valence electrons. The predicted octanol–water partition coefficient (Wildman–Crippen LogP) is 6.87. The first-order valence-electron chi connectivity index (χ1n) is 9.78. The van der Waals surface area contributed by atoms with Gasteiger partial charge in [-0.2, -0.15) is 0 Å². The Bertz CT molecular complexity index is 1180.